The molecule has 0 fully saturated rings. The van der Waals surface area contributed by atoms with Crippen LogP contribution in [0, 0.1) is 6.92 Å². The van der Waals surface area contributed by atoms with Gasteiger partial charge in [0.2, 0.25) is 0 Å². The lowest BCUT2D eigenvalue weighted by Gasteiger charge is -2.11. The van der Waals surface area contributed by atoms with E-state index in [-0.39, 0.29) is 6.61 Å². The summed E-state index contributed by atoms with van der Waals surface area (Å²) in [5.41, 5.74) is 2.82. The first-order valence-corrected chi connectivity index (χ1v) is 7.38. The maximum Gasteiger partial charge on any atom is 0.131 e. The van der Waals surface area contributed by atoms with Crippen molar-refractivity contribution in [2.75, 3.05) is 0 Å². The number of aryl methyl sites for hydroxylation is 2. The molecule has 0 atom stereocenters. The van der Waals surface area contributed by atoms with E-state index < -0.39 is 0 Å². The quantitative estimate of drug-likeness (QED) is 0.879. The highest BCUT2D eigenvalue weighted by Crippen LogP contribution is 2.24. The van der Waals surface area contributed by atoms with Gasteiger partial charge in [-0.25, -0.2) is 4.98 Å². The van der Waals surface area contributed by atoms with Gasteiger partial charge in [-0.3, -0.25) is 0 Å². The molecule has 0 unspecified atom stereocenters. The van der Waals surface area contributed by atoms with Crippen molar-refractivity contribution >= 4 is 11.3 Å². The Balaban J connectivity index is 2.05. The van der Waals surface area contributed by atoms with Crippen molar-refractivity contribution in [1.82, 2.24) is 4.98 Å². The molecule has 1 aromatic heterocycles. The predicted octanol–water partition coefficient (Wildman–Crippen LogP) is 3.48. The zero-order chi connectivity index (χ0) is 13.7. The van der Waals surface area contributed by atoms with Crippen LogP contribution in [0.3, 0.4) is 0 Å². The maximum absolute atomic E-state index is 9.32. The average Bonchev–Trinajstić information content (AvgIpc) is 2.85. The summed E-state index contributed by atoms with van der Waals surface area (Å²) in [5, 5.41) is 12.5. The minimum atomic E-state index is -0.00480. The van der Waals surface area contributed by atoms with Gasteiger partial charge in [0, 0.05) is 10.9 Å². The lowest BCUT2D eigenvalue weighted by molar-refractivity contribution is 0.256. The van der Waals surface area contributed by atoms with Crippen LogP contribution in [-0.2, 0) is 19.6 Å². The molecule has 19 heavy (non-hydrogen) atoms. The van der Waals surface area contributed by atoms with Crippen molar-refractivity contribution in [2.45, 2.75) is 39.9 Å². The van der Waals surface area contributed by atoms with Crippen LogP contribution in [0.1, 0.15) is 35.2 Å². The van der Waals surface area contributed by atoms with Crippen LogP contribution >= 0.6 is 11.3 Å². The number of rotatable bonds is 6. The number of nitrogens with zero attached hydrogens (tertiary/aromatic N) is 1. The van der Waals surface area contributed by atoms with Crippen molar-refractivity contribution in [2.24, 2.45) is 0 Å². The summed E-state index contributed by atoms with van der Waals surface area (Å²) in [7, 11) is 0. The number of benzene rings is 1. The lowest BCUT2D eigenvalue weighted by Crippen LogP contribution is -2.01. The summed E-state index contributed by atoms with van der Waals surface area (Å²) < 4.78 is 5.82. The molecule has 3 nitrogen and oxygen atoms in total. The Bertz CT molecular complexity index is 537. The van der Waals surface area contributed by atoms with Gasteiger partial charge in [-0.15, -0.1) is 11.3 Å². The van der Waals surface area contributed by atoms with Gasteiger partial charge < -0.3 is 9.84 Å². The van der Waals surface area contributed by atoms with E-state index >= 15 is 0 Å². The van der Waals surface area contributed by atoms with Gasteiger partial charge in [0.1, 0.15) is 12.4 Å². The number of aromatic nitrogens is 1. The molecule has 0 bridgehead atoms. The zero-order valence-electron chi connectivity index (χ0n) is 11.3. The molecule has 0 spiro atoms. The van der Waals surface area contributed by atoms with E-state index in [0.29, 0.717) is 6.61 Å². The van der Waals surface area contributed by atoms with Crippen LogP contribution in [0.4, 0.5) is 0 Å². The van der Waals surface area contributed by atoms with E-state index in [1.54, 1.807) is 11.3 Å². The summed E-state index contributed by atoms with van der Waals surface area (Å²) in [6, 6.07) is 5.79. The second-order valence-corrected chi connectivity index (χ2v) is 5.44. The number of hydrogen-bond donors (Lipinski definition) is 1. The Hall–Kier alpha value is -1.39. The third-order valence-corrected chi connectivity index (χ3v) is 3.85. The summed E-state index contributed by atoms with van der Waals surface area (Å²) in [6.45, 7) is 4.59. The first-order valence-electron chi connectivity index (χ1n) is 6.50. The summed E-state index contributed by atoms with van der Waals surface area (Å²) in [6.07, 6.45) is 2.14. The predicted molar refractivity (Wildman–Crippen MR) is 77.5 cm³/mol. The highest BCUT2D eigenvalue weighted by Gasteiger charge is 2.08. The number of aliphatic hydroxyl groups is 1. The van der Waals surface area contributed by atoms with Gasteiger partial charge in [0.05, 0.1) is 17.3 Å². The molecule has 1 aromatic carbocycles. The Kier molecular flexibility index (Phi) is 4.93. The zero-order valence-corrected chi connectivity index (χ0v) is 12.2. The van der Waals surface area contributed by atoms with Crippen LogP contribution in [0.15, 0.2) is 23.6 Å². The number of ether oxygens (including phenoxy) is 1. The molecular weight excluding hydrogens is 258 g/mol. The fourth-order valence-electron chi connectivity index (χ4n) is 1.93. The molecule has 0 radical (unpaired) electrons. The summed E-state index contributed by atoms with van der Waals surface area (Å²) >= 11 is 1.68. The Morgan fingerprint density at radius 2 is 2.21 bits per heavy atom. The normalized spacial score (nSPS) is 10.7. The number of hydrogen-bond acceptors (Lipinski definition) is 4. The van der Waals surface area contributed by atoms with E-state index in [4.69, 9.17) is 4.74 Å². The number of thiazole rings is 1. The van der Waals surface area contributed by atoms with Gasteiger partial charge >= 0.3 is 0 Å². The van der Waals surface area contributed by atoms with Crippen LogP contribution in [0.2, 0.25) is 0 Å². The molecular formula is C15H19NO2S. The highest BCUT2D eigenvalue weighted by molar-refractivity contribution is 7.09. The fraction of sp³-hybridized carbons (Fsp3) is 0.400. The van der Waals surface area contributed by atoms with E-state index in [9.17, 15) is 5.11 Å². The van der Waals surface area contributed by atoms with Gasteiger partial charge in [-0.1, -0.05) is 25.1 Å². The third-order valence-electron chi connectivity index (χ3n) is 2.89. The van der Waals surface area contributed by atoms with Crippen molar-refractivity contribution in [3.63, 3.8) is 0 Å². The monoisotopic (exact) mass is 277 g/mol. The van der Waals surface area contributed by atoms with E-state index in [1.165, 1.54) is 0 Å². The highest BCUT2D eigenvalue weighted by atomic mass is 32.1. The second kappa shape index (κ2) is 6.68. The molecule has 0 aliphatic carbocycles. The minimum absolute atomic E-state index is 0.00480. The van der Waals surface area contributed by atoms with Crippen molar-refractivity contribution in [1.29, 1.82) is 0 Å². The summed E-state index contributed by atoms with van der Waals surface area (Å²) in [5.74, 6) is 0.773. The molecule has 2 rings (SSSR count). The van der Waals surface area contributed by atoms with Crippen LogP contribution < -0.4 is 4.74 Å². The van der Waals surface area contributed by atoms with E-state index in [0.717, 1.165) is 40.4 Å². The van der Waals surface area contributed by atoms with Gasteiger partial charge in [0.15, 0.2) is 0 Å². The summed E-state index contributed by atoms with van der Waals surface area (Å²) in [4.78, 5) is 4.53. The molecule has 4 heteroatoms. The van der Waals surface area contributed by atoms with Crippen LogP contribution in [0.25, 0.3) is 0 Å². The Morgan fingerprint density at radius 3 is 2.95 bits per heavy atom. The number of para-hydroxylation sites is 1. The number of aliphatic hydroxyl groups excluding tert-OH is 1. The Morgan fingerprint density at radius 1 is 1.37 bits per heavy atom. The lowest BCUT2D eigenvalue weighted by atomic mass is 10.1. The molecule has 0 aliphatic rings. The largest absolute Gasteiger partial charge is 0.487 e. The molecule has 1 N–H and O–H groups in total. The third kappa shape index (κ3) is 3.55. The van der Waals surface area contributed by atoms with E-state index in [2.05, 4.69) is 11.9 Å². The fourth-order valence-corrected chi connectivity index (χ4v) is 2.82. The Labute approximate surface area is 117 Å². The smallest absolute Gasteiger partial charge is 0.131 e. The average molecular weight is 277 g/mol. The second-order valence-electron chi connectivity index (χ2n) is 4.49. The molecule has 0 saturated heterocycles. The van der Waals surface area contributed by atoms with Crippen LogP contribution in [0.5, 0.6) is 5.75 Å². The maximum atomic E-state index is 9.32. The molecule has 0 aliphatic heterocycles. The topological polar surface area (TPSA) is 42.4 Å². The van der Waals surface area contributed by atoms with Crippen LogP contribution in [-0.4, -0.2) is 10.1 Å². The molecule has 0 saturated carbocycles. The molecule has 102 valence electrons. The van der Waals surface area contributed by atoms with Gasteiger partial charge in [0.25, 0.3) is 0 Å². The SMILES string of the molecule is CCCc1nc(COc2c(C)cccc2CO)cs1. The van der Waals surface area contributed by atoms with Gasteiger partial charge in [-0.05, 0) is 25.3 Å². The molecule has 2 aromatic rings. The van der Waals surface area contributed by atoms with Crippen molar-refractivity contribution in [3.8, 4) is 5.75 Å². The van der Waals surface area contributed by atoms with Crippen molar-refractivity contribution < 1.29 is 9.84 Å². The molecule has 0 amide bonds. The van der Waals surface area contributed by atoms with Crippen molar-refractivity contribution in [3.05, 3.63) is 45.4 Å². The van der Waals surface area contributed by atoms with Gasteiger partial charge in [-0.2, -0.15) is 0 Å². The first kappa shape index (κ1) is 14.0. The molecule has 1 heterocycles. The standard InChI is InChI=1S/C15H19NO2S/c1-3-5-14-16-13(10-19-14)9-18-15-11(2)6-4-7-12(15)8-17/h4,6-7,10,17H,3,5,8-9H2,1-2H3. The minimum Gasteiger partial charge on any atom is -0.487 e. The van der Waals surface area contributed by atoms with E-state index in [1.807, 2.05) is 30.5 Å². The first-order chi connectivity index (χ1) is 9.24.